The van der Waals surface area contributed by atoms with E-state index in [-0.39, 0.29) is 12.2 Å². The first-order valence-electron chi connectivity index (χ1n) is 8.31. The summed E-state index contributed by atoms with van der Waals surface area (Å²) in [6.07, 6.45) is 0.285. The minimum atomic E-state index is -0.0109. The van der Waals surface area contributed by atoms with Gasteiger partial charge in [0.1, 0.15) is 0 Å². The van der Waals surface area contributed by atoms with Crippen LogP contribution in [0.1, 0.15) is 38.4 Å². The van der Waals surface area contributed by atoms with Crippen LogP contribution in [-0.4, -0.2) is 10.4 Å². The summed E-state index contributed by atoms with van der Waals surface area (Å²) < 4.78 is 1.95. The number of carbonyl (C=O) groups is 1. The number of nitriles is 1. The SMILES string of the molecule is Cc1ccc(C(=O)c2ccc(CC#N)n2Cc2ccccc2)cc1C. The standard InChI is InChI=1S/C22H20N2O/c1-16-8-9-19(14-17(16)2)22(25)21-11-10-20(12-13-23)24(21)15-18-6-4-3-5-7-18/h3-11,14H,12,15H2,1-2H3. The number of aryl methyl sites for hydroxylation is 2. The van der Waals surface area contributed by atoms with E-state index in [0.29, 0.717) is 17.8 Å². The molecule has 124 valence electrons. The molecule has 0 bridgehead atoms. The minimum Gasteiger partial charge on any atom is -0.336 e. The Morgan fingerprint density at radius 3 is 2.44 bits per heavy atom. The molecule has 0 unspecified atom stereocenters. The number of ketones is 1. The molecule has 0 radical (unpaired) electrons. The summed E-state index contributed by atoms with van der Waals surface area (Å²) in [6.45, 7) is 4.62. The molecule has 0 saturated carbocycles. The predicted octanol–water partition coefficient (Wildman–Crippen LogP) is 4.45. The lowest BCUT2D eigenvalue weighted by Gasteiger charge is -2.13. The van der Waals surface area contributed by atoms with Crippen molar-refractivity contribution in [1.82, 2.24) is 4.57 Å². The van der Waals surface area contributed by atoms with E-state index in [1.165, 1.54) is 5.56 Å². The molecule has 3 heteroatoms. The third-order valence-corrected chi connectivity index (χ3v) is 4.52. The van der Waals surface area contributed by atoms with Gasteiger partial charge < -0.3 is 4.57 Å². The van der Waals surface area contributed by atoms with E-state index >= 15 is 0 Å². The summed E-state index contributed by atoms with van der Waals surface area (Å²) in [7, 11) is 0. The molecule has 0 saturated heterocycles. The lowest BCUT2D eigenvalue weighted by atomic mass is 10.0. The summed E-state index contributed by atoms with van der Waals surface area (Å²) in [5, 5.41) is 9.09. The average molecular weight is 328 g/mol. The second-order valence-electron chi connectivity index (χ2n) is 6.24. The fourth-order valence-corrected chi connectivity index (χ4v) is 2.93. The third kappa shape index (κ3) is 3.54. The van der Waals surface area contributed by atoms with Crippen LogP contribution >= 0.6 is 0 Å². The highest BCUT2D eigenvalue weighted by molar-refractivity contribution is 6.08. The van der Waals surface area contributed by atoms with Crippen molar-refractivity contribution in [1.29, 1.82) is 5.26 Å². The summed E-state index contributed by atoms with van der Waals surface area (Å²) >= 11 is 0. The van der Waals surface area contributed by atoms with Crippen molar-refractivity contribution in [3.05, 3.63) is 94.3 Å². The monoisotopic (exact) mass is 328 g/mol. The van der Waals surface area contributed by atoms with E-state index < -0.39 is 0 Å². The first-order valence-corrected chi connectivity index (χ1v) is 8.31. The molecule has 1 aromatic heterocycles. The summed E-state index contributed by atoms with van der Waals surface area (Å²) in [6, 6.07) is 21.7. The first-order chi connectivity index (χ1) is 12.1. The molecule has 0 aliphatic heterocycles. The van der Waals surface area contributed by atoms with Gasteiger partial charge in [0.05, 0.1) is 18.2 Å². The first kappa shape index (κ1) is 16.7. The molecule has 3 nitrogen and oxygen atoms in total. The fraction of sp³-hybridized carbons (Fsp3) is 0.182. The van der Waals surface area contributed by atoms with Crippen LogP contribution in [0.4, 0.5) is 0 Å². The van der Waals surface area contributed by atoms with Crippen LogP contribution in [-0.2, 0) is 13.0 Å². The molecule has 0 fully saturated rings. The van der Waals surface area contributed by atoms with Crippen molar-refractivity contribution in [3.63, 3.8) is 0 Å². The highest BCUT2D eigenvalue weighted by Gasteiger charge is 2.17. The molecule has 0 amide bonds. The molecule has 2 aromatic carbocycles. The molecule has 0 N–H and O–H groups in total. The van der Waals surface area contributed by atoms with Gasteiger partial charge in [-0.25, -0.2) is 0 Å². The van der Waals surface area contributed by atoms with E-state index in [4.69, 9.17) is 5.26 Å². The van der Waals surface area contributed by atoms with E-state index in [1.54, 1.807) is 0 Å². The Kier molecular flexibility index (Phi) is 4.81. The molecule has 0 aliphatic carbocycles. The molecule has 0 atom stereocenters. The van der Waals surface area contributed by atoms with Crippen LogP contribution in [0.25, 0.3) is 0 Å². The van der Waals surface area contributed by atoms with E-state index in [1.807, 2.05) is 79.1 Å². The van der Waals surface area contributed by atoms with E-state index in [0.717, 1.165) is 16.8 Å². The number of hydrogen-bond acceptors (Lipinski definition) is 2. The number of hydrogen-bond donors (Lipinski definition) is 0. The van der Waals surface area contributed by atoms with E-state index in [9.17, 15) is 4.79 Å². The molecule has 0 aliphatic rings. The Morgan fingerprint density at radius 1 is 1.00 bits per heavy atom. The van der Waals surface area contributed by atoms with Gasteiger partial charge >= 0.3 is 0 Å². The second-order valence-corrected chi connectivity index (χ2v) is 6.24. The van der Waals surface area contributed by atoms with Crippen molar-refractivity contribution >= 4 is 5.78 Å². The van der Waals surface area contributed by atoms with Crippen molar-refractivity contribution in [3.8, 4) is 6.07 Å². The van der Waals surface area contributed by atoms with Crippen LogP contribution in [0.2, 0.25) is 0 Å². The minimum absolute atomic E-state index is 0.0109. The average Bonchev–Trinajstić information content (AvgIpc) is 3.00. The Balaban J connectivity index is 2.02. The van der Waals surface area contributed by atoms with Gasteiger partial charge in [0, 0.05) is 17.8 Å². The second kappa shape index (κ2) is 7.19. The lowest BCUT2D eigenvalue weighted by molar-refractivity contribution is 0.103. The zero-order chi connectivity index (χ0) is 17.8. The number of nitrogens with zero attached hydrogens (tertiary/aromatic N) is 2. The summed E-state index contributed by atoms with van der Waals surface area (Å²) in [5.74, 6) is -0.0109. The van der Waals surface area contributed by atoms with Crippen molar-refractivity contribution in [2.45, 2.75) is 26.8 Å². The maximum atomic E-state index is 13.0. The molecule has 3 rings (SSSR count). The van der Waals surface area contributed by atoms with Crippen molar-refractivity contribution in [2.75, 3.05) is 0 Å². The van der Waals surface area contributed by atoms with E-state index in [2.05, 4.69) is 6.07 Å². The van der Waals surface area contributed by atoms with Crippen molar-refractivity contribution < 1.29 is 4.79 Å². The number of aromatic nitrogens is 1. The summed E-state index contributed by atoms with van der Waals surface area (Å²) in [5.41, 5.74) is 5.53. The van der Waals surface area contributed by atoms with Gasteiger partial charge in [-0.1, -0.05) is 42.5 Å². The van der Waals surface area contributed by atoms with Crippen molar-refractivity contribution in [2.24, 2.45) is 0 Å². The van der Waals surface area contributed by atoms with Crippen LogP contribution in [0.5, 0.6) is 0 Å². The normalized spacial score (nSPS) is 10.4. The highest BCUT2D eigenvalue weighted by Crippen LogP contribution is 2.19. The summed E-state index contributed by atoms with van der Waals surface area (Å²) in [4.78, 5) is 13.0. The predicted molar refractivity (Wildman–Crippen MR) is 98.6 cm³/mol. The third-order valence-electron chi connectivity index (χ3n) is 4.52. The number of carbonyl (C=O) groups excluding carboxylic acids is 1. The van der Waals surface area contributed by atoms with Gasteiger partial charge in [0.15, 0.2) is 0 Å². The molecular formula is C22H20N2O. The van der Waals surface area contributed by atoms with Gasteiger partial charge in [-0.15, -0.1) is 0 Å². The van der Waals surface area contributed by atoms with Gasteiger partial charge in [0.25, 0.3) is 0 Å². The highest BCUT2D eigenvalue weighted by atomic mass is 16.1. The van der Waals surface area contributed by atoms with Gasteiger partial charge in [0.2, 0.25) is 5.78 Å². The zero-order valence-electron chi connectivity index (χ0n) is 14.5. The molecular weight excluding hydrogens is 308 g/mol. The lowest BCUT2D eigenvalue weighted by Crippen LogP contribution is -2.13. The molecule has 1 heterocycles. The van der Waals surface area contributed by atoms with Crippen LogP contribution in [0.3, 0.4) is 0 Å². The largest absolute Gasteiger partial charge is 0.336 e. The Hall–Kier alpha value is -3.12. The van der Waals surface area contributed by atoms with Gasteiger partial charge in [-0.2, -0.15) is 5.26 Å². The molecule has 0 spiro atoms. The Bertz CT molecular complexity index is 946. The fourth-order valence-electron chi connectivity index (χ4n) is 2.93. The smallest absolute Gasteiger partial charge is 0.209 e. The maximum absolute atomic E-state index is 13.0. The topological polar surface area (TPSA) is 45.8 Å². The molecule has 25 heavy (non-hydrogen) atoms. The van der Waals surface area contributed by atoms with Crippen LogP contribution in [0.15, 0.2) is 60.7 Å². The Labute approximate surface area is 148 Å². The quantitative estimate of drug-likeness (QED) is 0.650. The Morgan fingerprint density at radius 2 is 1.76 bits per heavy atom. The van der Waals surface area contributed by atoms with Gasteiger partial charge in [-0.05, 0) is 48.7 Å². The van der Waals surface area contributed by atoms with Gasteiger partial charge in [-0.3, -0.25) is 4.79 Å². The zero-order valence-corrected chi connectivity index (χ0v) is 14.5. The van der Waals surface area contributed by atoms with Crippen LogP contribution < -0.4 is 0 Å². The number of benzene rings is 2. The van der Waals surface area contributed by atoms with Crippen LogP contribution in [0, 0.1) is 25.2 Å². The maximum Gasteiger partial charge on any atom is 0.209 e. The molecule has 3 aromatic rings. The number of rotatable bonds is 5.